The number of hydrogen-bond acceptors (Lipinski definition) is 11. The number of allylic oxidation sites excluding steroid dienone is 1. The monoisotopic (exact) mass is 915 g/mol. The molecule has 15 nitrogen and oxygen atoms in total. The van der Waals surface area contributed by atoms with Crippen molar-refractivity contribution in [2.24, 2.45) is 5.92 Å². The van der Waals surface area contributed by atoms with Crippen LogP contribution in [0, 0.1) is 18.3 Å². The predicted molar refractivity (Wildman–Crippen MR) is 244 cm³/mol. The maximum Gasteiger partial charge on any atom is 0.408 e. The number of sulfonamides is 1. The average molecular weight is 916 g/mol. The molecule has 3 saturated carbocycles. The maximum absolute atomic E-state index is 14.8. The van der Waals surface area contributed by atoms with Gasteiger partial charge in [-0.15, -0.1) is 17.8 Å². The van der Waals surface area contributed by atoms with Gasteiger partial charge in [0.25, 0.3) is 21.9 Å². The highest BCUT2D eigenvalue weighted by Gasteiger charge is 2.63. The number of thiazole rings is 1. The fourth-order valence-corrected chi connectivity index (χ4v) is 11.9. The zero-order valence-corrected chi connectivity index (χ0v) is 39.1. The number of benzene rings is 1. The van der Waals surface area contributed by atoms with Crippen LogP contribution < -0.4 is 20.1 Å². The summed E-state index contributed by atoms with van der Waals surface area (Å²) < 4.78 is 41.8. The van der Waals surface area contributed by atoms with E-state index in [1.807, 2.05) is 48.8 Å². The normalized spacial score (nSPS) is 27.0. The molecule has 4 fully saturated rings. The fourth-order valence-electron chi connectivity index (χ4n) is 9.53. The molecule has 344 valence electrons. The van der Waals surface area contributed by atoms with E-state index in [9.17, 15) is 27.6 Å². The number of rotatable bonds is 9. The lowest BCUT2D eigenvalue weighted by Gasteiger charge is -2.30. The number of amides is 4. The molecule has 1 aromatic carbocycles. The van der Waals surface area contributed by atoms with Crippen LogP contribution in [0.5, 0.6) is 6.01 Å². The van der Waals surface area contributed by atoms with E-state index in [2.05, 4.69) is 26.7 Å². The Labute approximate surface area is 379 Å². The number of terminal acetylenes is 1. The van der Waals surface area contributed by atoms with E-state index >= 15 is 0 Å². The van der Waals surface area contributed by atoms with Gasteiger partial charge in [0.2, 0.25) is 11.8 Å². The lowest BCUT2D eigenvalue weighted by molar-refractivity contribution is -0.141. The van der Waals surface area contributed by atoms with Crippen molar-refractivity contribution >= 4 is 56.2 Å². The van der Waals surface area contributed by atoms with E-state index in [4.69, 9.17) is 25.9 Å². The Balaban J connectivity index is 1.11. The molecule has 0 radical (unpaired) electrons. The molecular weight excluding hydrogens is 855 g/mol. The third kappa shape index (κ3) is 9.27. The third-order valence-corrected chi connectivity index (χ3v) is 16.2. The molecule has 4 amide bonds. The molecule has 5 atom stereocenters. The number of hydrogen-bond donors (Lipinski definition) is 3. The molecule has 1 saturated heterocycles. The standard InChI is InChI=1S/C47H61N7O8S2/c1-7-46(23-24-46)64(59,60)52-42(57)47-26-31(47)19-14-9-8-10-15-21-34(49-44(58)62-45(4,5)6)41(56)53-27-32(25-37(53)39(55)51-47)61-43-50-38-33(20-16-22-36(38)54(43)29(2)3)40-48-35(28-63-40)30-17-12-11-13-18-30/h1,14,16,19-20,22,28-32,34,37H,8-13,15,17-18,21,23-27H2,2-6H3,(H,49,58)(H,51,55)(H,52,57)/b19-14-/t31-,32-,34+,37+,47-/m1/s1. The average Bonchev–Trinajstić information content (AvgIpc) is 3.99. The second kappa shape index (κ2) is 17.8. The first-order valence-electron chi connectivity index (χ1n) is 22.9. The van der Waals surface area contributed by atoms with Crippen LogP contribution >= 0.6 is 11.3 Å². The van der Waals surface area contributed by atoms with E-state index in [1.54, 1.807) is 32.1 Å². The number of nitrogens with zero attached hydrogens (tertiary/aromatic N) is 4. The summed E-state index contributed by atoms with van der Waals surface area (Å²) in [5.74, 6) is 0.280. The van der Waals surface area contributed by atoms with Crippen LogP contribution in [-0.2, 0) is 29.1 Å². The number of carbonyl (C=O) groups is 4. The van der Waals surface area contributed by atoms with Crippen molar-refractivity contribution in [3.05, 3.63) is 41.4 Å². The van der Waals surface area contributed by atoms with E-state index < -0.39 is 73.8 Å². The summed E-state index contributed by atoms with van der Waals surface area (Å²) in [6.07, 6.45) is 17.6. The topological polar surface area (TPSA) is 191 Å². The molecule has 5 aliphatic rings. The smallest absolute Gasteiger partial charge is 0.408 e. The van der Waals surface area contributed by atoms with Crippen LogP contribution in [0.3, 0.4) is 0 Å². The summed E-state index contributed by atoms with van der Waals surface area (Å²) >= 11 is 1.61. The van der Waals surface area contributed by atoms with E-state index in [0.717, 1.165) is 53.0 Å². The molecule has 3 aliphatic carbocycles. The second-order valence-electron chi connectivity index (χ2n) is 19.5. The number of aromatic nitrogens is 3. The quantitative estimate of drug-likeness (QED) is 0.148. The first-order chi connectivity index (χ1) is 30.4. The largest absolute Gasteiger partial charge is 0.459 e. The molecule has 8 rings (SSSR count). The highest BCUT2D eigenvalue weighted by molar-refractivity contribution is 7.92. The van der Waals surface area contributed by atoms with Crippen LogP contribution in [-0.4, -0.2) is 92.3 Å². The number of para-hydroxylation sites is 1. The fraction of sp³-hybridized carbons (Fsp3) is 0.617. The number of nitrogens with one attached hydrogen (secondary N) is 3. The zero-order chi connectivity index (χ0) is 45.6. The minimum atomic E-state index is -4.25. The van der Waals surface area contributed by atoms with Gasteiger partial charge in [-0.3, -0.25) is 19.0 Å². The van der Waals surface area contributed by atoms with Crippen LogP contribution in [0.15, 0.2) is 35.7 Å². The Morgan fingerprint density at radius 2 is 1.78 bits per heavy atom. The Hall–Kier alpha value is -4.95. The van der Waals surface area contributed by atoms with Crippen molar-refractivity contribution in [2.45, 2.75) is 171 Å². The van der Waals surface area contributed by atoms with E-state index in [1.165, 1.54) is 24.2 Å². The van der Waals surface area contributed by atoms with Gasteiger partial charge < -0.3 is 25.0 Å². The highest BCUT2D eigenvalue weighted by Crippen LogP contribution is 2.48. The lowest BCUT2D eigenvalue weighted by atomic mass is 9.87. The van der Waals surface area contributed by atoms with Crippen molar-refractivity contribution in [1.29, 1.82) is 0 Å². The van der Waals surface area contributed by atoms with Crippen molar-refractivity contribution < 1.29 is 37.1 Å². The maximum atomic E-state index is 14.8. The molecule has 2 aromatic heterocycles. The SMILES string of the molecule is C#CC1(S(=O)(=O)NC(=O)[C@@]23C[C@H]2/C=C\CCCCC[C@H](NC(=O)OC(C)(C)C)C(=O)N2C[C@H](Oc4nc5c(-c6nc(C7CCCCC7)cs6)cccc5n4C(C)C)C[C@H]2C(=O)N3)CC1. The Morgan fingerprint density at radius 1 is 1.05 bits per heavy atom. The summed E-state index contributed by atoms with van der Waals surface area (Å²) in [6, 6.07) is 4.07. The predicted octanol–water partition coefficient (Wildman–Crippen LogP) is 7.04. The molecule has 17 heteroatoms. The molecule has 3 aromatic rings. The summed E-state index contributed by atoms with van der Waals surface area (Å²) in [7, 11) is -4.25. The third-order valence-electron chi connectivity index (χ3n) is 13.3. The Morgan fingerprint density at radius 3 is 2.48 bits per heavy atom. The molecule has 3 N–H and O–H groups in total. The van der Waals surface area contributed by atoms with Crippen molar-refractivity contribution in [3.8, 4) is 28.9 Å². The van der Waals surface area contributed by atoms with Gasteiger partial charge in [0.05, 0.1) is 17.8 Å². The lowest BCUT2D eigenvalue weighted by Crippen LogP contribution is -2.58. The van der Waals surface area contributed by atoms with Gasteiger partial charge in [-0.2, -0.15) is 4.98 Å². The molecule has 0 spiro atoms. The van der Waals surface area contributed by atoms with E-state index in [0.29, 0.717) is 31.2 Å². The molecule has 4 heterocycles. The number of ether oxygens (including phenoxy) is 2. The second-order valence-corrected chi connectivity index (χ2v) is 22.4. The molecule has 2 aliphatic heterocycles. The summed E-state index contributed by atoms with van der Waals surface area (Å²) in [5, 5.41) is 8.74. The Kier molecular flexibility index (Phi) is 12.7. The van der Waals surface area contributed by atoms with Crippen LogP contribution in [0.2, 0.25) is 0 Å². The number of imidazole rings is 1. The van der Waals surface area contributed by atoms with Gasteiger partial charge in [-0.25, -0.2) is 22.9 Å². The first kappa shape index (κ1) is 45.6. The Bertz CT molecular complexity index is 2470. The van der Waals surface area contributed by atoms with Crippen molar-refractivity contribution in [1.82, 2.24) is 34.8 Å². The zero-order valence-electron chi connectivity index (χ0n) is 37.5. The van der Waals surface area contributed by atoms with Gasteiger partial charge in [0.15, 0.2) is 4.75 Å². The summed E-state index contributed by atoms with van der Waals surface area (Å²) in [6.45, 7) is 9.25. The van der Waals surface area contributed by atoms with Gasteiger partial charge in [-0.05, 0) is 98.1 Å². The number of fused-ring (bicyclic) bond motifs is 3. The molecule has 64 heavy (non-hydrogen) atoms. The van der Waals surface area contributed by atoms with Crippen molar-refractivity contribution in [3.63, 3.8) is 0 Å². The summed E-state index contributed by atoms with van der Waals surface area (Å²) in [4.78, 5) is 68.4. The van der Waals surface area contributed by atoms with Crippen LogP contribution in [0.1, 0.15) is 142 Å². The van der Waals surface area contributed by atoms with Crippen LogP contribution in [0.4, 0.5) is 4.79 Å². The van der Waals surface area contributed by atoms with Gasteiger partial charge in [0.1, 0.15) is 39.9 Å². The minimum absolute atomic E-state index is 0.0266. The van der Waals surface area contributed by atoms with Gasteiger partial charge in [-0.1, -0.05) is 56.2 Å². The number of carbonyl (C=O) groups excluding carboxylic acids is 4. The van der Waals surface area contributed by atoms with Crippen molar-refractivity contribution in [2.75, 3.05) is 6.54 Å². The first-order valence-corrected chi connectivity index (χ1v) is 25.3. The molecule has 0 bridgehead atoms. The molecular formula is C47H61N7O8S2. The van der Waals surface area contributed by atoms with E-state index in [-0.39, 0.29) is 38.3 Å². The number of alkyl carbamates (subject to hydrolysis) is 1. The van der Waals surface area contributed by atoms with Crippen LogP contribution in [0.25, 0.3) is 21.6 Å². The minimum Gasteiger partial charge on any atom is -0.459 e. The summed E-state index contributed by atoms with van der Waals surface area (Å²) in [5.41, 5.74) is 1.19. The van der Waals surface area contributed by atoms with Gasteiger partial charge >= 0.3 is 6.09 Å². The van der Waals surface area contributed by atoms with Gasteiger partial charge in [0, 0.05) is 35.2 Å². The highest BCUT2D eigenvalue weighted by atomic mass is 32.2. The molecule has 0 unspecified atom stereocenters.